The minimum Gasteiger partial charge on any atom is -0.744 e. The molecular formula is C32H42MgO14S2. The van der Waals surface area contributed by atoms with Gasteiger partial charge in [0.2, 0.25) is 0 Å². The fraction of sp³-hybridized carbons (Fsp3) is 0.500. The van der Waals surface area contributed by atoms with Crippen LogP contribution in [0.2, 0.25) is 0 Å². The Hall–Kier alpha value is -3.09. The molecule has 0 aliphatic heterocycles. The molecule has 0 heterocycles. The number of carbonyl (C=O) groups is 4. The van der Waals surface area contributed by atoms with Crippen molar-refractivity contribution in [3.63, 3.8) is 0 Å². The van der Waals surface area contributed by atoms with Crippen LogP contribution < -0.4 is 0 Å². The molecule has 0 aromatic heterocycles. The summed E-state index contributed by atoms with van der Waals surface area (Å²) in [6.45, 7) is 8.34. The molecule has 0 spiro atoms. The largest absolute Gasteiger partial charge is 2.00 e. The number of carbonyl (C=O) groups excluding carboxylic acids is 4. The van der Waals surface area contributed by atoms with Gasteiger partial charge in [-0.15, -0.1) is 0 Å². The molecule has 0 saturated heterocycles. The summed E-state index contributed by atoms with van der Waals surface area (Å²) in [5.41, 5.74) is -0.702. The van der Waals surface area contributed by atoms with Crippen LogP contribution in [0.4, 0.5) is 0 Å². The molecule has 0 radical (unpaired) electrons. The fourth-order valence-corrected chi connectivity index (χ4v) is 4.61. The van der Waals surface area contributed by atoms with E-state index in [0.717, 1.165) is 62.1 Å². The van der Waals surface area contributed by atoms with Gasteiger partial charge in [0.15, 0.2) is 0 Å². The number of rotatable bonds is 18. The molecule has 14 nitrogen and oxygen atoms in total. The molecule has 0 aliphatic carbocycles. The molecule has 0 aliphatic rings. The maximum atomic E-state index is 12.0. The Labute approximate surface area is 303 Å². The van der Waals surface area contributed by atoms with Gasteiger partial charge in [-0.1, -0.05) is 53.4 Å². The fourth-order valence-electron chi connectivity index (χ4n) is 3.53. The predicted molar refractivity (Wildman–Crippen MR) is 175 cm³/mol. The standard InChI is InChI=1S/2C16H22O7S.Mg/c2*1-3-5-7-22-15(17)12-9-13(16(18)23-8-6-4-2)11-14(10-12)24(19,20)21;/h2*9-11H,3-8H2,1-2H3,(H,19,20,21);/q;;+2/p-2. The molecule has 17 heteroatoms. The Bertz CT molecular complexity index is 1410. The van der Waals surface area contributed by atoms with E-state index in [1.807, 2.05) is 27.7 Å². The molecule has 2 rings (SSSR count). The van der Waals surface area contributed by atoms with Crippen molar-refractivity contribution in [1.82, 2.24) is 0 Å². The van der Waals surface area contributed by atoms with E-state index in [1.165, 1.54) is 0 Å². The van der Waals surface area contributed by atoms with Crippen molar-refractivity contribution in [2.75, 3.05) is 26.4 Å². The third-order valence-corrected chi connectivity index (χ3v) is 7.88. The van der Waals surface area contributed by atoms with E-state index in [9.17, 15) is 45.1 Å². The van der Waals surface area contributed by atoms with Gasteiger partial charge in [-0.05, 0) is 62.1 Å². The van der Waals surface area contributed by atoms with Crippen molar-refractivity contribution in [3.8, 4) is 0 Å². The Kier molecular flexibility index (Phi) is 21.9. The summed E-state index contributed by atoms with van der Waals surface area (Å²) >= 11 is 0. The van der Waals surface area contributed by atoms with Crippen LogP contribution in [-0.2, 0) is 39.2 Å². The van der Waals surface area contributed by atoms with Gasteiger partial charge in [0, 0.05) is 0 Å². The van der Waals surface area contributed by atoms with Gasteiger partial charge in [0.05, 0.1) is 58.5 Å². The van der Waals surface area contributed by atoms with Crippen LogP contribution in [0, 0.1) is 0 Å². The van der Waals surface area contributed by atoms with Crippen molar-refractivity contribution >= 4 is 67.2 Å². The van der Waals surface area contributed by atoms with E-state index in [-0.39, 0.29) is 71.7 Å². The van der Waals surface area contributed by atoms with Crippen LogP contribution in [0.25, 0.3) is 0 Å². The Balaban J connectivity index is 0.000000922. The van der Waals surface area contributed by atoms with Gasteiger partial charge in [-0.2, -0.15) is 0 Å². The first-order valence-corrected chi connectivity index (χ1v) is 18.3. The normalized spacial score (nSPS) is 10.9. The SMILES string of the molecule is CCCCOC(=O)c1cc(C(=O)OCCCC)cc(S(=O)(=O)[O-])c1.CCCCOC(=O)c1cc(C(=O)OCCCC)cc(S(=O)(=O)[O-])c1.[Mg+2]. The van der Waals surface area contributed by atoms with Gasteiger partial charge in [0.25, 0.3) is 0 Å². The van der Waals surface area contributed by atoms with Gasteiger partial charge < -0.3 is 28.1 Å². The molecule has 0 unspecified atom stereocenters. The summed E-state index contributed by atoms with van der Waals surface area (Å²) in [4.78, 5) is 46.5. The molecule has 0 atom stereocenters. The van der Waals surface area contributed by atoms with E-state index >= 15 is 0 Å². The van der Waals surface area contributed by atoms with E-state index < -0.39 is 53.9 Å². The molecule has 49 heavy (non-hydrogen) atoms. The van der Waals surface area contributed by atoms with Crippen molar-refractivity contribution in [2.45, 2.75) is 88.9 Å². The molecule has 2 aromatic carbocycles. The maximum absolute atomic E-state index is 12.0. The van der Waals surface area contributed by atoms with Crippen LogP contribution in [0.3, 0.4) is 0 Å². The summed E-state index contributed by atoms with van der Waals surface area (Å²) in [5, 5.41) is 0. The topological polar surface area (TPSA) is 220 Å². The molecule has 0 bridgehead atoms. The smallest absolute Gasteiger partial charge is 0.744 e. The monoisotopic (exact) mass is 738 g/mol. The van der Waals surface area contributed by atoms with Crippen LogP contribution in [0.5, 0.6) is 0 Å². The minimum absolute atomic E-state index is 0. The first-order chi connectivity index (χ1) is 22.6. The summed E-state index contributed by atoms with van der Waals surface area (Å²) in [6, 6.07) is 5.94. The number of unbranched alkanes of at least 4 members (excludes halogenated alkanes) is 4. The van der Waals surface area contributed by atoms with Gasteiger partial charge >= 0.3 is 46.9 Å². The second kappa shape index (κ2) is 23.3. The summed E-state index contributed by atoms with van der Waals surface area (Å²) in [7, 11) is -9.66. The van der Waals surface area contributed by atoms with Crippen molar-refractivity contribution < 1.29 is 64.1 Å². The molecule has 0 amide bonds. The Morgan fingerprint density at radius 2 is 0.673 bits per heavy atom. The first-order valence-electron chi connectivity index (χ1n) is 15.5. The van der Waals surface area contributed by atoms with Gasteiger partial charge in [0.1, 0.15) is 20.2 Å². The van der Waals surface area contributed by atoms with Crippen molar-refractivity contribution in [2.24, 2.45) is 0 Å². The number of hydrogen-bond donors (Lipinski definition) is 0. The average molecular weight is 739 g/mol. The van der Waals surface area contributed by atoms with E-state index in [4.69, 9.17) is 18.9 Å². The third-order valence-electron chi connectivity index (χ3n) is 6.26. The molecular weight excluding hydrogens is 697 g/mol. The van der Waals surface area contributed by atoms with E-state index in [1.54, 1.807) is 0 Å². The summed E-state index contributed by atoms with van der Waals surface area (Å²) in [5.74, 6) is -3.18. The van der Waals surface area contributed by atoms with E-state index in [2.05, 4.69) is 0 Å². The van der Waals surface area contributed by atoms with E-state index in [0.29, 0.717) is 25.7 Å². The zero-order valence-electron chi connectivity index (χ0n) is 28.2. The predicted octanol–water partition coefficient (Wildman–Crippen LogP) is 4.63. The second-order valence-electron chi connectivity index (χ2n) is 10.4. The summed E-state index contributed by atoms with van der Waals surface area (Å²) < 4.78 is 87.4. The molecule has 0 N–H and O–H groups in total. The second-order valence-corrected chi connectivity index (χ2v) is 13.1. The minimum atomic E-state index is -4.83. The zero-order chi connectivity index (χ0) is 36.3. The quantitative estimate of drug-likeness (QED) is 0.0669. The molecule has 268 valence electrons. The van der Waals surface area contributed by atoms with Crippen LogP contribution in [0.15, 0.2) is 46.2 Å². The van der Waals surface area contributed by atoms with Crippen molar-refractivity contribution in [1.29, 1.82) is 0 Å². The first kappa shape index (κ1) is 45.9. The molecule has 2 aromatic rings. The molecule has 0 fully saturated rings. The Morgan fingerprint density at radius 3 is 0.837 bits per heavy atom. The number of benzene rings is 2. The van der Waals surface area contributed by atoms with Crippen LogP contribution >= 0.6 is 0 Å². The number of hydrogen-bond acceptors (Lipinski definition) is 14. The number of esters is 4. The molecule has 0 saturated carbocycles. The van der Waals surface area contributed by atoms with Crippen LogP contribution in [-0.4, -0.2) is 99.3 Å². The average Bonchev–Trinajstić information content (AvgIpc) is 3.04. The zero-order valence-corrected chi connectivity index (χ0v) is 31.2. The number of ether oxygens (including phenoxy) is 4. The summed E-state index contributed by atoms with van der Waals surface area (Å²) in [6.07, 6.45) is 5.87. The van der Waals surface area contributed by atoms with Crippen molar-refractivity contribution in [3.05, 3.63) is 58.7 Å². The van der Waals surface area contributed by atoms with Gasteiger partial charge in [-0.3, -0.25) is 0 Å². The van der Waals surface area contributed by atoms with Crippen LogP contribution in [0.1, 0.15) is 120 Å². The third kappa shape index (κ3) is 17.4. The Morgan fingerprint density at radius 1 is 0.469 bits per heavy atom. The maximum Gasteiger partial charge on any atom is 2.00 e. The van der Waals surface area contributed by atoms with Gasteiger partial charge in [-0.25, -0.2) is 36.0 Å².